The molecule has 0 radical (unpaired) electrons. The van der Waals surface area contributed by atoms with Crippen LogP contribution < -0.4 is 15.0 Å². The van der Waals surface area contributed by atoms with Crippen LogP contribution in [0.4, 0.5) is 11.4 Å². The average molecular weight is 392 g/mol. The molecule has 1 unspecified atom stereocenters. The second-order valence-electron chi connectivity index (χ2n) is 7.50. The van der Waals surface area contributed by atoms with Gasteiger partial charge in [0, 0.05) is 18.1 Å². The van der Waals surface area contributed by atoms with E-state index in [9.17, 15) is 19.8 Å². The van der Waals surface area contributed by atoms with Crippen LogP contribution in [-0.2, 0) is 9.59 Å². The normalized spacial score (nSPS) is 25.8. The van der Waals surface area contributed by atoms with E-state index >= 15 is 0 Å². The molecule has 0 bridgehead atoms. The summed E-state index contributed by atoms with van der Waals surface area (Å²) in [5.74, 6) is -0.118. The Balaban J connectivity index is 0.00000136. The van der Waals surface area contributed by atoms with Crippen LogP contribution in [0.15, 0.2) is 18.2 Å². The first kappa shape index (κ1) is 22.0. The van der Waals surface area contributed by atoms with Crippen molar-refractivity contribution >= 4 is 23.1 Å². The molecule has 1 aromatic rings. The number of carbonyl (C=O) groups excluding carboxylic acids is 1. The van der Waals surface area contributed by atoms with Gasteiger partial charge in [-0.15, -0.1) is 0 Å². The van der Waals surface area contributed by atoms with Crippen molar-refractivity contribution in [3.8, 4) is 5.75 Å². The summed E-state index contributed by atoms with van der Waals surface area (Å²) in [6.45, 7) is 5.84. The van der Waals surface area contributed by atoms with Gasteiger partial charge in [0.05, 0.1) is 18.5 Å². The van der Waals surface area contributed by atoms with Crippen LogP contribution >= 0.6 is 0 Å². The molecule has 3 N–H and O–H groups in total. The number of fused-ring (bicyclic) bond motifs is 1. The number of Topliss-reactive ketones (excluding diaryl/α,β-unsaturated/α-hetero) is 1. The van der Waals surface area contributed by atoms with Gasteiger partial charge < -0.3 is 25.2 Å². The smallest absolute Gasteiger partial charge is 0.323 e. The number of carboxylic acids is 1. The van der Waals surface area contributed by atoms with E-state index < -0.39 is 17.6 Å². The van der Waals surface area contributed by atoms with E-state index in [2.05, 4.69) is 5.32 Å². The lowest BCUT2D eigenvalue weighted by Crippen LogP contribution is -2.51. The maximum atomic E-state index is 13.3. The van der Waals surface area contributed by atoms with Crippen molar-refractivity contribution in [3.05, 3.63) is 18.2 Å². The van der Waals surface area contributed by atoms with Gasteiger partial charge >= 0.3 is 5.97 Å². The molecule has 0 saturated heterocycles. The third-order valence-electron chi connectivity index (χ3n) is 5.73. The van der Waals surface area contributed by atoms with E-state index in [-0.39, 0.29) is 24.9 Å². The van der Waals surface area contributed by atoms with E-state index in [1.165, 1.54) is 0 Å². The summed E-state index contributed by atoms with van der Waals surface area (Å²) in [6.07, 6.45) is 2.32. The van der Waals surface area contributed by atoms with Crippen molar-refractivity contribution in [3.63, 3.8) is 0 Å². The molecular formula is C21H32N2O5. The first-order valence-electron chi connectivity index (χ1n) is 9.96. The summed E-state index contributed by atoms with van der Waals surface area (Å²) < 4.78 is 5.24. The summed E-state index contributed by atoms with van der Waals surface area (Å²) >= 11 is 0. The number of aliphatic hydroxyl groups excluding tert-OH is 1. The second kappa shape index (κ2) is 9.28. The zero-order chi connectivity index (χ0) is 20.9. The summed E-state index contributed by atoms with van der Waals surface area (Å²) in [5.41, 5.74) is 0.877. The van der Waals surface area contributed by atoms with Gasteiger partial charge in [0.15, 0.2) is 11.9 Å². The Morgan fingerprint density at radius 1 is 1.29 bits per heavy atom. The second-order valence-corrected chi connectivity index (χ2v) is 7.50. The van der Waals surface area contributed by atoms with Gasteiger partial charge in [-0.3, -0.25) is 9.59 Å². The Kier molecular flexibility index (Phi) is 7.29. The topological polar surface area (TPSA) is 99.1 Å². The number of nitrogens with one attached hydrogen (secondary N) is 1. The summed E-state index contributed by atoms with van der Waals surface area (Å²) in [4.78, 5) is 26.3. The fourth-order valence-electron chi connectivity index (χ4n) is 3.97. The number of hydrogen-bond acceptors (Lipinski definition) is 6. The lowest BCUT2D eigenvalue weighted by molar-refractivity contribution is -0.135. The number of benzene rings is 1. The van der Waals surface area contributed by atoms with Crippen molar-refractivity contribution in [2.75, 3.05) is 30.5 Å². The highest BCUT2D eigenvalue weighted by atomic mass is 16.5. The standard InChI is InChI=1S/C19H26N2O5.C2H6/c1-19(7-5-12(11-22)6-8-19)17(25)18-20-14-4-3-13(26-2)9-15(14)21(18)10-16(23)24;1-2/h3-4,9,12,18,20,22H,5-8,10-11H2,1-2H3,(H,23,24);1-2H3. The van der Waals surface area contributed by atoms with Gasteiger partial charge in [-0.1, -0.05) is 20.8 Å². The summed E-state index contributed by atoms with van der Waals surface area (Å²) in [7, 11) is 1.55. The monoisotopic (exact) mass is 392 g/mol. The van der Waals surface area contributed by atoms with E-state index in [1.54, 1.807) is 30.2 Å². The average Bonchev–Trinajstić information content (AvgIpc) is 3.06. The minimum atomic E-state index is -0.991. The molecule has 1 aliphatic heterocycles. The van der Waals surface area contributed by atoms with Crippen molar-refractivity contribution in [2.24, 2.45) is 11.3 Å². The molecule has 28 heavy (non-hydrogen) atoms. The quantitative estimate of drug-likeness (QED) is 0.684. The van der Waals surface area contributed by atoms with Crippen LogP contribution in [0, 0.1) is 11.3 Å². The first-order chi connectivity index (χ1) is 13.4. The number of carbonyl (C=O) groups is 2. The lowest BCUT2D eigenvalue weighted by atomic mass is 9.68. The molecule has 1 aliphatic carbocycles. The number of rotatable bonds is 6. The van der Waals surface area contributed by atoms with Crippen LogP contribution in [-0.4, -0.2) is 48.4 Å². The molecule has 7 heteroatoms. The molecule has 1 heterocycles. The van der Waals surface area contributed by atoms with Crippen LogP contribution in [0.25, 0.3) is 0 Å². The first-order valence-corrected chi connectivity index (χ1v) is 9.96. The fourth-order valence-corrected chi connectivity index (χ4v) is 3.97. The predicted molar refractivity (Wildman–Crippen MR) is 109 cm³/mol. The van der Waals surface area contributed by atoms with E-state index in [4.69, 9.17) is 4.74 Å². The Morgan fingerprint density at radius 2 is 1.93 bits per heavy atom. The highest BCUT2D eigenvalue weighted by Gasteiger charge is 2.45. The number of methoxy groups -OCH3 is 1. The van der Waals surface area contributed by atoms with E-state index in [0.29, 0.717) is 24.3 Å². The molecule has 156 valence electrons. The van der Waals surface area contributed by atoms with Crippen molar-refractivity contribution in [1.82, 2.24) is 0 Å². The van der Waals surface area contributed by atoms with Gasteiger partial charge in [0.1, 0.15) is 12.3 Å². The number of ketones is 1. The number of nitrogens with zero attached hydrogens (tertiary/aromatic N) is 1. The number of ether oxygens (including phenoxy) is 1. The maximum absolute atomic E-state index is 13.3. The van der Waals surface area contributed by atoms with Crippen molar-refractivity contribution in [2.45, 2.75) is 52.6 Å². The Labute approximate surface area is 166 Å². The fraction of sp³-hybridized carbons (Fsp3) is 0.619. The Hall–Kier alpha value is -2.28. The zero-order valence-electron chi connectivity index (χ0n) is 17.2. The van der Waals surface area contributed by atoms with Gasteiger partial charge in [-0.25, -0.2) is 0 Å². The lowest BCUT2D eigenvalue weighted by Gasteiger charge is -2.38. The largest absolute Gasteiger partial charge is 0.497 e. The van der Waals surface area contributed by atoms with Crippen LogP contribution in [0.2, 0.25) is 0 Å². The SMILES string of the molecule is CC.COc1ccc2c(c1)N(CC(=O)O)C(C(=O)C1(C)CCC(CO)CC1)N2. The predicted octanol–water partition coefficient (Wildman–Crippen LogP) is 3.12. The molecule has 1 atom stereocenters. The minimum absolute atomic E-state index is 0.00491. The van der Waals surface area contributed by atoms with Crippen molar-refractivity contribution in [1.29, 1.82) is 0 Å². The Morgan fingerprint density at radius 3 is 2.46 bits per heavy atom. The van der Waals surface area contributed by atoms with Crippen LogP contribution in [0.3, 0.4) is 0 Å². The highest BCUT2D eigenvalue weighted by molar-refractivity contribution is 5.99. The van der Waals surface area contributed by atoms with E-state index in [0.717, 1.165) is 18.5 Å². The summed E-state index contributed by atoms with van der Waals surface area (Å²) in [6, 6.07) is 5.34. The van der Waals surface area contributed by atoms with E-state index in [1.807, 2.05) is 20.8 Å². The molecular weight excluding hydrogens is 360 g/mol. The molecule has 0 aromatic heterocycles. The summed E-state index contributed by atoms with van der Waals surface area (Å²) in [5, 5.41) is 21.9. The number of aliphatic carboxylic acids is 1. The molecule has 1 fully saturated rings. The number of aliphatic hydroxyl groups is 1. The zero-order valence-corrected chi connectivity index (χ0v) is 17.2. The van der Waals surface area contributed by atoms with Gasteiger partial charge in [-0.05, 0) is 43.7 Å². The molecule has 1 aromatic carbocycles. The highest BCUT2D eigenvalue weighted by Crippen LogP contribution is 2.44. The number of hydrogen-bond donors (Lipinski definition) is 3. The molecule has 7 nitrogen and oxygen atoms in total. The molecule has 1 saturated carbocycles. The van der Waals surface area contributed by atoms with Crippen molar-refractivity contribution < 1.29 is 24.5 Å². The van der Waals surface area contributed by atoms with Crippen LogP contribution in [0.1, 0.15) is 46.5 Å². The van der Waals surface area contributed by atoms with Gasteiger partial charge in [0.2, 0.25) is 0 Å². The molecule has 2 aliphatic rings. The van der Waals surface area contributed by atoms with Gasteiger partial charge in [-0.2, -0.15) is 0 Å². The third kappa shape index (κ3) is 4.41. The van der Waals surface area contributed by atoms with Crippen LogP contribution in [0.5, 0.6) is 5.75 Å². The molecule has 0 spiro atoms. The minimum Gasteiger partial charge on any atom is -0.497 e. The Bertz CT molecular complexity index is 698. The molecule has 0 amide bonds. The number of carboxylic acid groups (broad SMARTS) is 1. The molecule has 3 rings (SSSR count). The third-order valence-corrected chi connectivity index (χ3v) is 5.73. The maximum Gasteiger partial charge on any atom is 0.323 e. The number of anilines is 2. The van der Waals surface area contributed by atoms with Gasteiger partial charge in [0.25, 0.3) is 0 Å².